The van der Waals surface area contributed by atoms with Gasteiger partial charge in [-0.1, -0.05) is 83.6 Å². The molecule has 0 saturated heterocycles. The Labute approximate surface area is 186 Å². The fourth-order valence-electron chi connectivity index (χ4n) is 3.20. The van der Waals surface area contributed by atoms with Crippen molar-refractivity contribution in [3.63, 3.8) is 0 Å². The summed E-state index contributed by atoms with van der Waals surface area (Å²) in [7, 11) is 0. The van der Waals surface area contributed by atoms with Crippen LogP contribution in [-0.4, -0.2) is 19.7 Å². The van der Waals surface area contributed by atoms with E-state index in [4.69, 9.17) is 16.6 Å². The lowest BCUT2D eigenvalue weighted by Gasteiger charge is -2.07. The molecule has 5 nitrogen and oxygen atoms in total. The highest BCUT2D eigenvalue weighted by atomic mass is 35.5. The van der Waals surface area contributed by atoms with Gasteiger partial charge in [-0.15, -0.1) is 10.2 Å². The van der Waals surface area contributed by atoms with E-state index in [9.17, 15) is 4.79 Å². The first kappa shape index (κ1) is 19.4. The number of hydrogen-bond acceptors (Lipinski definition) is 5. The summed E-state index contributed by atoms with van der Waals surface area (Å²) in [6, 6.07) is 24.5. The van der Waals surface area contributed by atoms with Gasteiger partial charge in [0.25, 0.3) is 5.56 Å². The first-order valence-electron chi connectivity index (χ1n) is 9.54. The van der Waals surface area contributed by atoms with Gasteiger partial charge in [0, 0.05) is 10.6 Å². The highest BCUT2D eigenvalue weighted by molar-refractivity contribution is 7.17. The molecule has 0 radical (unpaired) electrons. The number of para-hydroxylation sites is 1. The molecular formula is C24H15ClN4OS. The third-order valence-electron chi connectivity index (χ3n) is 4.72. The number of benzene rings is 3. The maximum atomic E-state index is 13.4. The molecular weight excluding hydrogens is 428 g/mol. The van der Waals surface area contributed by atoms with E-state index in [1.165, 1.54) is 15.9 Å². The Morgan fingerprint density at radius 1 is 0.839 bits per heavy atom. The Hall–Kier alpha value is -3.61. The minimum absolute atomic E-state index is 0.183. The van der Waals surface area contributed by atoms with Crippen molar-refractivity contribution in [1.82, 2.24) is 19.7 Å². The van der Waals surface area contributed by atoms with Crippen LogP contribution in [0, 0.1) is 0 Å². The molecule has 31 heavy (non-hydrogen) atoms. The van der Waals surface area contributed by atoms with Crippen LogP contribution in [0.25, 0.3) is 38.8 Å². The van der Waals surface area contributed by atoms with Crippen LogP contribution in [0.5, 0.6) is 0 Å². The molecule has 5 rings (SSSR count). The van der Waals surface area contributed by atoms with Crippen molar-refractivity contribution in [2.45, 2.75) is 0 Å². The SMILES string of the molecule is O=c1c2ccccc2nc(/C=C/c2ccccc2)n1-c1nnc(-c2ccc(Cl)cc2)s1. The van der Waals surface area contributed by atoms with Crippen LogP contribution in [0.3, 0.4) is 0 Å². The molecule has 150 valence electrons. The Bertz CT molecular complexity index is 1460. The van der Waals surface area contributed by atoms with E-state index in [-0.39, 0.29) is 5.56 Å². The van der Waals surface area contributed by atoms with Crippen LogP contribution >= 0.6 is 22.9 Å². The maximum Gasteiger partial charge on any atom is 0.268 e. The van der Waals surface area contributed by atoms with Gasteiger partial charge in [0.15, 0.2) is 0 Å². The molecule has 0 bridgehead atoms. The molecule has 0 atom stereocenters. The van der Waals surface area contributed by atoms with Gasteiger partial charge in [0.1, 0.15) is 10.8 Å². The zero-order valence-electron chi connectivity index (χ0n) is 16.1. The first-order valence-corrected chi connectivity index (χ1v) is 10.7. The quantitative estimate of drug-likeness (QED) is 0.356. The lowest BCUT2D eigenvalue weighted by atomic mass is 10.2. The average molecular weight is 443 g/mol. The number of halogens is 1. The number of aromatic nitrogens is 4. The molecule has 3 aromatic carbocycles. The zero-order chi connectivity index (χ0) is 21.2. The zero-order valence-corrected chi connectivity index (χ0v) is 17.7. The molecule has 0 amide bonds. The molecule has 2 aromatic heterocycles. The lowest BCUT2D eigenvalue weighted by molar-refractivity contribution is 0.899. The van der Waals surface area contributed by atoms with Crippen molar-refractivity contribution in [3.8, 4) is 15.7 Å². The Balaban J connectivity index is 1.67. The van der Waals surface area contributed by atoms with Crippen LogP contribution in [0.4, 0.5) is 0 Å². The second-order valence-corrected chi connectivity index (χ2v) is 8.16. The van der Waals surface area contributed by atoms with Gasteiger partial charge in [-0.2, -0.15) is 0 Å². The summed E-state index contributed by atoms with van der Waals surface area (Å²) in [6.45, 7) is 0. The van der Waals surface area contributed by atoms with Gasteiger partial charge in [-0.25, -0.2) is 9.55 Å². The third-order valence-corrected chi connectivity index (χ3v) is 5.93. The van der Waals surface area contributed by atoms with E-state index >= 15 is 0 Å². The number of rotatable bonds is 4. The molecule has 5 aromatic rings. The normalized spacial score (nSPS) is 11.4. The maximum absolute atomic E-state index is 13.4. The average Bonchev–Trinajstić information content (AvgIpc) is 3.28. The Morgan fingerprint density at radius 3 is 2.39 bits per heavy atom. The number of fused-ring (bicyclic) bond motifs is 1. The highest BCUT2D eigenvalue weighted by Gasteiger charge is 2.16. The molecule has 0 spiro atoms. The van der Waals surface area contributed by atoms with Gasteiger partial charge < -0.3 is 0 Å². The Morgan fingerprint density at radius 2 is 1.58 bits per heavy atom. The standard InChI is InChI=1S/C24H15ClN4OS/c25-18-13-11-17(12-14-18)22-27-28-24(31-22)29-21(15-10-16-6-2-1-3-7-16)26-20-9-5-4-8-19(20)23(29)30/h1-15H/b15-10+. The van der Waals surface area contributed by atoms with Crippen molar-refractivity contribution in [2.75, 3.05) is 0 Å². The molecule has 0 aliphatic rings. The summed E-state index contributed by atoms with van der Waals surface area (Å²) in [5, 5.41) is 10.9. The summed E-state index contributed by atoms with van der Waals surface area (Å²) in [4.78, 5) is 18.1. The highest BCUT2D eigenvalue weighted by Crippen LogP contribution is 2.27. The third kappa shape index (κ3) is 3.91. The van der Waals surface area contributed by atoms with E-state index in [1.54, 1.807) is 18.2 Å². The van der Waals surface area contributed by atoms with Crippen LogP contribution in [0.15, 0.2) is 83.7 Å². The smallest absolute Gasteiger partial charge is 0.268 e. The lowest BCUT2D eigenvalue weighted by Crippen LogP contribution is -2.22. The fraction of sp³-hybridized carbons (Fsp3) is 0. The van der Waals surface area contributed by atoms with Gasteiger partial charge in [-0.05, 0) is 35.9 Å². The van der Waals surface area contributed by atoms with Crippen LogP contribution in [-0.2, 0) is 0 Å². The van der Waals surface area contributed by atoms with E-state index in [2.05, 4.69) is 10.2 Å². The largest absolute Gasteiger partial charge is 0.268 e. The van der Waals surface area contributed by atoms with E-state index in [0.29, 0.717) is 31.9 Å². The van der Waals surface area contributed by atoms with Crippen molar-refractivity contribution >= 4 is 46.0 Å². The van der Waals surface area contributed by atoms with Crippen molar-refractivity contribution < 1.29 is 0 Å². The molecule has 0 N–H and O–H groups in total. The molecule has 0 unspecified atom stereocenters. The fourth-order valence-corrected chi connectivity index (χ4v) is 4.18. The van der Waals surface area contributed by atoms with Gasteiger partial charge in [-0.3, -0.25) is 4.79 Å². The van der Waals surface area contributed by atoms with Gasteiger partial charge >= 0.3 is 0 Å². The van der Waals surface area contributed by atoms with Gasteiger partial charge in [0.2, 0.25) is 5.13 Å². The number of hydrogen-bond donors (Lipinski definition) is 0. The summed E-state index contributed by atoms with van der Waals surface area (Å²) in [6.07, 6.45) is 3.75. The van der Waals surface area contributed by atoms with E-state index in [0.717, 1.165) is 11.1 Å². The van der Waals surface area contributed by atoms with Crippen LogP contribution in [0.1, 0.15) is 11.4 Å². The molecule has 0 aliphatic carbocycles. The van der Waals surface area contributed by atoms with Crippen molar-refractivity contribution in [3.05, 3.63) is 106 Å². The van der Waals surface area contributed by atoms with E-state index in [1.807, 2.05) is 72.8 Å². The summed E-state index contributed by atoms with van der Waals surface area (Å²) in [5.74, 6) is 0.492. The number of nitrogens with zero attached hydrogens (tertiary/aromatic N) is 4. The monoisotopic (exact) mass is 442 g/mol. The summed E-state index contributed by atoms with van der Waals surface area (Å²) >= 11 is 7.32. The summed E-state index contributed by atoms with van der Waals surface area (Å²) < 4.78 is 1.51. The summed E-state index contributed by atoms with van der Waals surface area (Å²) in [5.41, 5.74) is 2.35. The predicted molar refractivity (Wildman–Crippen MR) is 127 cm³/mol. The predicted octanol–water partition coefficient (Wildman–Crippen LogP) is 5.73. The van der Waals surface area contributed by atoms with Crippen molar-refractivity contribution in [2.24, 2.45) is 0 Å². The Kier molecular flexibility index (Phi) is 5.16. The second kappa shape index (κ2) is 8.26. The molecule has 0 aliphatic heterocycles. The van der Waals surface area contributed by atoms with Crippen LogP contribution < -0.4 is 5.56 Å². The first-order chi connectivity index (χ1) is 15.2. The van der Waals surface area contributed by atoms with Gasteiger partial charge in [0.05, 0.1) is 10.9 Å². The minimum Gasteiger partial charge on any atom is -0.268 e. The topological polar surface area (TPSA) is 60.7 Å². The minimum atomic E-state index is -0.183. The molecule has 2 heterocycles. The van der Waals surface area contributed by atoms with Crippen LogP contribution in [0.2, 0.25) is 5.02 Å². The molecule has 7 heteroatoms. The van der Waals surface area contributed by atoms with E-state index < -0.39 is 0 Å². The van der Waals surface area contributed by atoms with Crippen molar-refractivity contribution in [1.29, 1.82) is 0 Å². The molecule has 0 fully saturated rings. The second-order valence-electron chi connectivity index (χ2n) is 6.77. The molecule has 0 saturated carbocycles.